The zero-order chi connectivity index (χ0) is 24.6. The summed E-state index contributed by atoms with van der Waals surface area (Å²) in [4.78, 5) is 21.8. The lowest BCUT2D eigenvalue weighted by Gasteiger charge is -2.15. The Kier molecular flexibility index (Phi) is 7.42. The normalized spacial score (nSPS) is 10.4. The van der Waals surface area contributed by atoms with Gasteiger partial charge in [-0.25, -0.2) is 4.79 Å². The standard InChI is InChI=1S/C27H24N2O6/c1-31-20-14-12-18(13-15-20)17-34-26(30)25-21(19-8-5-4-6-9-19)10-7-11-22(25)35-27-28-23(32-2)16-24(29-27)33-3/h4-16H,17H2,1-3H3. The molecule has 0 aliphatic heterocycles. The molecule has 1 heterocycles. The zero-order valence-electron chi connectivity index (χ0n) is 19.6. The molecule has 0 spiro atoms. The van der Waals surface area contributed by atoms with Crippen LogP contribution < -0.4 is 18.9 Å². The van der Waals surface area contributed by atoms with E-state index in [0.29, 0.717) is 5.56 Å². The van der Waals surface area contributed by atoms with Crippen LogP contribution in [0.2, 0.25) is 0 Å². The van der Waals surface area contributed by atoms with Gasteiger partial charge < -0.3 is 23.7 Å². The fourth-order valence-electron chi connectivity index (χ4n) is 3.36. The van der Waals surface area contributed by atoms with Crippen molar-refractivity contribution in [3.63, 3.8) is 0 Å². The fraction of sp³-hybridized carbons (Fsp3) is 0.148. The van der Waals surface area contributed by atoms with Gasteiger partial charge in [0.25, 0.3) is 0 Å². The van der Waals surface area contributed by atoms with E-state index in [9.17, 15) is 4.79 Å². The van der Waals surface area contributed by atoms with Crippen LogP contribution in [0.4, 0.5) is 0 Å². The molecule has 8 nitrogen and oxygen atoms in total. The van der Waals surface area contributed by atoms with Crippen LogP contribution in [0.5, 0.6) is 29.3 Å². The molecule has 4 rings (SSSR count). The summed E-state index contributed by atoms with van der Waals surface area (Å²) < 4.78 is 27.2. The second-order valence-electron chi connectivity index (χ2n) is 7.31. The predicted molar refractivity (Wildman–Crippen MR) is 129 cm³/mol. The van der Waals surface area contributed by atoms with Crippen LogP contribution in [0.25, 0.3) is 11.1 Å². The van der Waals surface area contributed by atoms with E-state index in [-0.39, 0.29) is 35.7 Å². The number of hydrogen-bond donors (Lipinski definition) is 0. The number of rotatable bonds is 9. The smallest absolute Gasteiger partial charge is 0.342 e. The van der Waals surface area contributed by atoms with Crippen LogP contribution in [-0.4, -0.2) is 37.3 Å². The Hall–Kier alpha value is -4.59. The van der Waals surface area contributed by atoms with Gasteiger partial charge in [0.05, 0.1) is 27.4 Å². The van der Waals surface area contributed by atoms with Crippen LogP contribution in [0.15, 0.2) is 78.9 Å². The third-order valence-electron chi connectivity index (χ3n) is 5.12. The highest BCUT2D eigenvalue weighted by atomic mass is 16.5. The minimum Gasteiger partial charge on any atom is -0.497 e. The van der Waals surface area contributed by atoms with E-state index in [4.69, 9.17) is 23.7 Å². The summed E-state index contributed by atoms with van der Waals surface area (Å²) in [7, 11) is 4.55. The maximum Gasteiger partial charge on any atom is 0.342 e. The molecule has 0 aliphatic rings. The lowest BCUT2D eigenvalue weighted by molar-refractivity contribution is 0.0470. The molecule has 35 heavy (non-hydrogen) atoms. The average Bonchev–Trinajstić information content (AvgIpc) is 2.92. The molecular weight excluding hydrogens is 448 g/mol. The van der Waals surface area contributed by atoms with Crippen molar-refractivity contribution in [2.75, 3.05) is 21.3 Å². The molecule has 0 radical (unpaired) electrons. The van der Waals surface area contributed by atoms with Crippen LogP contribution in [0, 0.1) is 0 Å². The first-order chi connectivity index (χ1) is 17.1. The Balaban J connectivity index is 1.69. The van der Waals surface area contributed by atoms with Crippen molar-refractivity contribution in [1.82, 2.24) is 9.97 Å². The van der Waals surface area contributed by atoms with Crippen molar-refractivity contribution in [2.45, 2.75) is 6.61 Å². The van der Waals surface area contributed by atoms with Gasteiger partial charge in [-0.2, -0.15) is 9.97 Å². The van der Waals surface area contributed by atoms with E-state index in [1.165, 1.54) is 20.3 Å². The third-order valence-corrected chi connectivity index (χ3v) is 5.12. The Morgan fingerprint density at radius 3 is 2.09 bits per heavy atom. The largest absolute Gasteiger partial charge is 0.497 e. The third kappa shape index (κ3) is 5.67. The van der Waals surface area contributed by atoms with E-state index in [2.05, 4.69) is 9.97 Å². The van der Waals surface area contributed by atoms with Gasteiger partial charge in [0.1, 0.15) is 23.7 Å². The number of carbonyl (C=O) groups excluding carboxylic acids is 1. The molecule has 0 saturated heterocycles. The quantitative estimate of drug-likeness (QED) is 0.303. The first-order valence-electron chi connectivity index (χ1n) is 10.7. The van der Waals surface area contributed by atoms with Gasteiger partial charge in [-0.1, -0.05) is 54.6 Å². The maximum atomic E-state index is 13.4. The Morgan fingerprint density at radius 2 is 1.46 bits per heavy atom. The molecule has 4 aromatic rings. The van der Waals surface area contributed by atoms with Crippen LogP contribution >= 0.6 is 0 Å². The van der Waals surface area contributed by atoms with Crippen molar-refractivity contribution in [3.8, 4) is 40.4 Å². The molecule has 0 saturated carbocycles. The van der Waals surface area contributed by atoms with E-state index < -0.39 is 5.97 Å². The van der Waals surface area contributed by atoms with E-state index in [1.807, 2.05) is 60.7 Å². The van der Waals surface area contributed by atoms with Crippen LogP contribution in [0.1, 0.15) is 15.9 Å². The lowest BCUT2D eigenvalue weighted by atomic mass is 9.99. The predicted octanol–water partition coefficient (Wildman–Crippen LogP) is 5.32. The molecular formula is C27H24N2O6. The molecule has 0 bridgehead atoms. The zero-order valence-corrected chi connectivity index (χ0v) is 19.6. The molecule has 0 unspecified atom stereocenters. The molecule has 0 atom stereocenters. The molecule has 3 aromatic carbocycles. The Morgan fingerprint density at radius 1 is 0.771 bits per heavy atom. The molecule has 178 valence electrons. The lowest BCUT2D eigenvalue weighted by Crippen LogP contribution is -2.09. The minimum absolute atomic E-state index is 0.0318. The highest BCUT2D eigenvalue weighted by Gasteiger charge is 2.22. The average molecular weight is 472 g/mol. The van der Waals surface area contributed by atoms with Crippen molar-refractivity contribution in [3.05, 3.63) is 90.0 Å². The first kappa shape index (κ1) is 23.6. The molecule has 0 fully saturated rings. The summed E-state index contributed by atoms with van der Waals surface area (Å²) in [6.07, 6.45) is 0. The highest BCUT2D eigenvalue weighted by Crippen LogP contribution is 2.34. The summed E-state index contributed by atoms with van der Waals surface area (Å²) in [5.41, 5.74) is 2.55. The summed E-state index contributed by atoms with van der Waals surface area (Å²) >= 11 is 0. The number of methoxy groups -OCH3 is 3. The van der Waals surface area contributed by atoms with Gasteiger partial charge in [0, 0.05) is 0 Å². The summed E-state index contributed by atoms with van der Waals surface area (Å²) in [5.74, 6) is 0.926. The summed E-state index contributed by atoms with van der Waals surface area (Å²) in [6, 6.07) is 23.6. The Bertz CT molecular complexity index is 1270. The molecule has 8 heteroatoms. The van der Waals surface area contributed by atoms with Gasteiger partial charge in [0.15, 0.2) is 0 Å². The van der Waals surface area contributed by atoms with Crippen LogP contribution in [0.3, 0.4) is 0 Å². The number of esters is 1. The van der Waals surface area contributed by atoms with Crippen molar-refractivity contribution < 1.29 is 28.5 Å². The number of nitrogens with zero attached hydrogens (tertiary/aromatic N) is 2. The van der Waals surface area contributed by atoms with E-state index in [1.54, 1.807) is 19.2 Å². The van der Waals surface area contributed by atoms with Gasteiger partial charge in [-0.3, -0.25) is 0 Å². The molecule has 1 aromatic heterocycles. The molecule has 0 amide bonds. The summed E-state index contributed by atoms with van der Waals surface area (Å²) in [6.45, 7) is 0.0782. The first-order valence-corrected chi connectivity index (χ1v) is 10.7. The second kappa shape index (κ2) is 11.0. The monoisotopic (exact) mass is 472 g/mol. The van der Waals surface area contributed by atoms with Gasteiger partial charge in [0.2, 0.25) is 11.8 Å². The minimum atomic E-state index is -0.551. The van der Waals surface area contributed by atoms with E-state index >= 15 is 0 Å². The van der Waals surface area contributed by atoms with Crippen LogP contribution in [-0.2, 0) is 11.3 Å². The van der Waals surface area contributed by atoms with Gasteiger partial charge in [-0.15, -0.1) is 0 Å². The topological polar surface area (TPSA) is 89.0 Å². The Labute approximate surface area is 203 Å². The van der Waals surface area contributed by atoms with Crippen molar-refractivity contribution >= 4 is 5.97 Å². The van der Waals surface area contributed by atoms with Crippen molar-refractivity contribution in [1.29, 1.82) is 0 Å². The molecule has 0 aliphatic carbocycles. The molecule has 0 N–H and O–H groups in total. The SMILES string of the molecule is COc1ccc(COC(=O)c2c(Oc3nc(OC)cc(OC)n3)cccc2-c2ccccc2)cc1. The van der Waals surface area contributed by atoms with Crippen molar-refractivity contribution in [2.24, 2.45) is 0 Å². The maximum absolute atomic E-state index is 13.4. The van der Waals surface area contributed by atoms with Gasteiger partial charge >= 0.3 is 12.0 Å². The number of hydrogen-bond acceptors (Lipinski definition) is 8. The number of carbonyl (C=O) groups is 1. The van der Waals surface area contributed by atoms with Gasteiger partial charge in [-0.05, 0) is 34.9 Å². The number of aromatic nitrogens is 2. The highest BCUT2D eigenvalue weighted by molar-refractivity contribution is 6.00. The summed E-state index contributed by atoms with van der Waals surface area (Å²) in [5, 5.41) is 0. The number of benzene rings is 3. The fourth-order valence-corrected chi connectivity index (χ4v) is 3.36. The van der Waals surface area contributed by atoms with E-state index in [0.717, 1.165) is 16.9 Å². The second-order valence-corrected chi connectivity index (χ2v) is 7.31. The number of ether oxygens (including phenoxy) is 5.